The fourth-order valence-electron chi connectivity index (χ4n) is 6.57. The molecule has 4 nitrogen and oxygen atoms in total. The Morgan fingerprint density at radius 2 is 2.12 bits per heavy atom. The van der Waals surface area contributed by atoms with Crippen LogP contribution in [0, 0.1) is 28.6 Å². The van der Waals surface area contributed by atoms with Gasteiger partial charge in [-0.2, -0.15) is 0 Å². The largest absolute Gasteiger partial charge is 0.370 e. The van der Waals surface area contributed by atoms with Crippen molar-refractivity contribution in [1.82, 2.24) is 10.3 Å². The minimum atomic E-state index is 0.499. The molecule has 0 radical (unpaired) electrons. The minimum absolute atomic E-state index is 0.499. The molecule has 3 aliphatic carbocycles. The number of fused-ring (bicyclic) bond motifs is 3. The molecule has 2 aliphatic heterocycles. The molecule has 26 heavy (non-hydrogen) atoms. The van der Waals surface area contributed by atoms with Crippen molar-refractivity contribution in [3.63, 3.8) is 0 Å². The third kappa shape index (κ3) is 2.41. The molecule has 0 aromatic carbocycles. The van der Waals surface area contributed by atoms with E-state index >= 15 is 0 Å². The molecule has 4 heteroatoms. The molecule has 0 spiro atoms. The zero-order valence-corrected chi connectivity index (χ0v) is 16.6. The van der Waals surface area contributed by atoms with Gasteiger partial charge in [-0.25, -0.2) is 4.98 Å². The van der Waals surface area contributed by atoms with Gasteiger partial charge in [0, 0.05) is 43.6 Å². The van der Waals surface area contributed by atoms with Gasteiger partial charge < -0.3 is 15.5 Å². The van der Waals surface area contributed by atoms with Crippen LogP contribution in [0.1, 0.15) is 46.5 Å². The summed E-state index contributed by atoms with van der Waals surface area (Å²) >= 11 is 0. The second-order valence-corrected chi connectivity index (χ2v) is 10.1. The highest BCUT2D eigenvalue weighted by atomic mass is 15.2. The van der Waals surface area contributed by atoms with Gasteiger partial charge in [-0.1, -0.05) is 20.8 Å². The van der Waals surface area contributed by atoms with E-state index in [0.29, 0.717) is 16.9 Å². The van der Waals surface area contributed by atoms with Crippen molar-refractivity contribution >= 4 is 11.5 Å². The predicted octanol–water partition coefficient (Wildman–Crippen LogP) is 3.75. The molecule has 2 bridgehead atoms. The van der Waals surface area contributed by atoms with Crippen LogP contribution in [0.15, 0.2) is 18.3 Å². The van der Waals surface area contributed by atoms with E-state index in [-0.39, 0.29) is 0 Å². The number of rotatable bonds is 4. The summed E-state index contributed by atoms with van der Waals surface area (Å²) < 4.78 is 0. The first-order valence-corrected chi connectivity index (χ1v) is 10.7. The molecule has 1 aromatic heterocycles. The Hall–Kier alpha value is -1.29. The van der Waals surface area contributed by atoms with Crippen LogP contribution in [0.2, 0.25) is 0 Å². The molecule has 3 saturated carbocycles. The van der Waals surface area contributed by atoms with Crippen molar-refractivity contribution in [3.05, 3.63) is 18.3 Å². The Morgan fingerprint density at radius 1 is 1.23 bits per heavy atom. The van der Waals surface area contributed by atoms with Crippen molar-refractivity contribution in [1.29, 1.82) is 0 Å². The maximum Gasteiger partial charge on any atom is 0.127 e. The minimum Gasteiger partial charge on any atom is -0.370 e. The monoisotopic (exact) mass is 354 g/mol. The summed E-state index contributed by atoms with van der Waals surface area (Å²) in [6.45, 7) is 12.1. The van der Waals surface area contributed by atoms with Gasteiger partial charge in [-0.15, -0.1) is 0 Å². The summed E-state index contributed by atoms with van der Waals surface area (Å²) in [4.78, 5) is 7.15. The molecular formula is C22H34N4. The van der Waals surface area contributed by atoms with E-state index in [4.69, 9.17) is 0 Å². The Bertz CT molecular complexity index is 674. The van der Waals surface area contributed by atoms with Gasteiger partial charge in [0.25, 0.3) is 0 Å². The fourth-order valence-corrected chi connectivity index (χ4v) is 6.57. The smallest absolute Gasteiger partial charge is 0.127 e. The van der Waals surface area contributed by atoms with E-state index in [1.165, 1.54) is 44.5 Å². The standard InChI is InChI=1S/C22H34N4/c1-21(2)16-4-5-17(22(21,3)11-16)12-25-20-10-18(7-9-24-20)26-13-15-6-8-23-19(15)14-26/h7,9-10,15-17,19,23H,4-6,8,11-14H2,1-3H3,(H,24,25)/t15-,16+,17-,19+,22+/m1/s1. The average Bonchev–Trinajstić information content (AvgIpc) is 3.23. The maximum absolute atomic E-state index is 4.61. The summed E-state index contributed by atoms with van der Waals surface area (Å²) in [5.41, 5.74) is 2.34. The van der Waals surface area contributed by atoms with Crippen molar-refractivity contribution < 1.29 is 0 Å². The lowest BCUT2D eigenvalue weighted by Crippen LogP contribution is -2.61. The normalized spacial score (nSPS) is 40.2. The van der Waals surface area contributed by atoms with Crippen molar-refractivity contribution in [2.45, 2.75) is 52.5 Å². The number of hydrogen-bond donors (Lipinski definition) is 2. The summed E-state index contributed by atoms with van der Waals surface area (Å²) in [6.07, 6.45) is 7.51. The van der Waals surface area contributed by atoms with Crippen LogP contribution in [0.5, 0.6) is 0 Å². The van der Waals surface area contributed by atoms with E-state index < -0.39 is 0 Å². The van der Waals surface area contributed by atoms with Gasteiger partial charge in [0.2, 0.25) is 0 Å². The Kier molecular flexibility index (Phi) is 3.79. The Morgan fingerprint density at radius 3 is 2.92 bits per heavy atom. The van der Waals surface area contributed by atoms with Crippen LogP contribution in [0.3, 0.4) is 0 Å². The lowest BCUT2D eigenvalue weighted by Gasteiger charge is -2.68. The van der Waals surface area contributed by atoms with Crippen LogP contribution in [-0.2, 0) is 0 Å². The number of hydrogen-bond acceptors (Lipinski definition) is 4. The molecule has 5 fully saturated rings. The summed E-state index contributed by atoms with van der Waals surface area (Å²) in [7, 11) is 0. The fraction of sp³-hybridized carbons (Fsp3) is 0.773. The van der Waals surface area contributed by atoms with Crippen molar-refractivity contribution in [3.8, 4) is 0 Å². The molecule has 0 amide bonds. The molecular weight excluding hydrogens is 320 g/mol. The van der Waals surface area contributed by atoms with Crippen LogP contribution in [0.4, 0.5) is 11.5 Å². The molecule has 0 unspecified atom stereocenters. The van der Waals surface area contributed by atoms with Gasteiger partial charge >= 0.3 is 0 Å². The lowest BCUT2D eigenvalue weighted by molar-refractivity contribution is -0.183. The molecule has 2 saturated heterocycles. The first-order chi connectivity index (χ1) is 12.5. The van der Waals surface area contributed by atoms with Gasteiger partial charge in [0.05, 0.1) is 0 Å². The summed E-state index contributed by atoms with van der Waals surface area (Å²) in [5.74, 6) is 3.60. The van der Waals surface area contributed by atoms with Gasteiger partial charge in [0.1, 0.15) is 5.82 Å². The van der Waals surface area contributed by atoms with Crippen LogP contribution in [0.25, 0.3) is 0 Å². The molecule has 142 valence electrons. The Balaban J connectivity index is 1.24. The van der Waals surface area contributed by atoms with E-state index in [9.17, 15) is 0 Å². The molecule has 5 atom stereocenters. The highest BCUT2D eigenvalue weighted by molar-refractivity contribution is 5.55. The number of nitrogens with one attached hydrogen (secondary N) is 2. The molecule has 3 heterocycles. The van der Waals surface area contributed by atoms with Crippen LogP contribution in [-0.4, -0.2) is 37.2 Å². The molecule has 2 N–H and O–H groups in total. The molecule has 1 aromatic rings. The van der Waals surface area contributed by atoms with Crippen LogP contribution < -0.4 is 15.5 Å². The zero-order chi connectivity index (χ0) is 17.9. The zero-order valence-electron chi connectivity index (χ0n) is 16.6. The predicted molar refractivity (Wildman–Crippen MR) is 108 cm³/mol. The molecule has 5 aliphatic rings. The summed E-state index contributed by atoms with van der Waals surface area (Å²) in [5, 5.41) is 7.34. The van der Waals surface area contributed by atoms with Crippen molar-refractivity contribution in [2.75, 3.05) is 36.4 Å². The topological polar surface area (TPSA) is 40.2 Å². The number of pyridine rings is 1. The van der Waals surface area contributed by atoms with E-state index in [0.717, 1.165) is 36.7 Å². The molecule has 6 rings (SSSR count). The van der Waals surface area contributed by atoms with Crippen LogP contribution >= 0.6 is 0 Å². The average molecular weight is 355 g/mol. The number of anilines is 2. The van der Waals surface area contributed by atoms with E-state index in [1.807, 2.05) is 6.20 Å². The van der Waals surface area contributed by atoms with Gasteiger partial charge in [0.15, 0.2) is 0 Å². The highest BCUT2D eigenvalue weighted by Crippen LogP contribution is 2.69. The summed E-state index contributed by atoms with van der Waals surface area (Å²) in [6, 6.07) is 5.13. The quantitative estimate of drug-likeness (QED) is 0.864. The number of aromatic nitrogens is 1. The Labute approximate surface area is 158 Å². The van der Waals surface area contributed by atoms with E-state index in [2.05, 4.69) is 53.4 Å². The number of nitrogens with zero attached hydrogens (tertiary/aromatic N) is 2. The third-order valence-corrected chi connectivity index (χ3v) is 8.93. The highest BCUT2D eigenvalue weighted by Gasteiger charge is 2.62. The van der Waals surface area contributed by atoms with E-state index in [1.54, 1.807) is 0 Å². The first kappa shape index (κ1) is 16.9. The second kappa shape index (κ2) is 5.85. The van der Waals surface area contributed by atoms with Gasteiger partial charge in [-0.05, 0) is 66.9 Å². The SMILES string of the molecule is CC1(C)[C@H]2CC[C@H](CNc3cc(N4C[C@H]5CCN[C@H]5C4)ccn3)[C@]1(C)C2. The second-order valence-electron chi connectivity index (χ2n) is 10.1. The van der Waals surface area contributed by atoms with Crippen molar-refractivity contribution in [2.24, 2.45) is 28.6 Å². The third-order valence-electron chi connectivity index (χ3n) is 8.93. The lowest BCUT2D eigenvalue weighted by atomic mass is 9.37. The first-order valence-electron chi connectivity index (χ1n) is 10.7. The maximum atomic E-state index is 4.61. The van der Waals surface area contributed by atoms with Gasteiger partial charge in [-0.3, -0.25) is 0 Å².